The maximum atomic E-state index is 11.2. The van der Waals surface area contributed by atoms with E-state index in [4.69, 9.17) is 0 Å². The van der Waals surface area contributed by atoms with Gasteiger partial charge < -0.3 is 15.5 Å². The molecule has 13 heavy (non-hydrogen) atoms. The number of piperidine rings is 1. The lowest BCUT2D eigenvalue weighted by atomic mass is 10.1. The van der Waals surface area contributed by atoms with Crippen LogP contribution < -0.4 is 10.6 Å². The Morgan fingerprint density at radius 3 is 2.38 bits per heavy atom. The molecule has 1 aliphatic heterocycles. The fourth-order valence-electron chi connectivity index (χ4n) is 1.27. The van der Waals surface area contributed by atoms with Crippen molar-refractivity contribution in [1.82, 2.24) is 15.5 Å². The fourth-order valence-corrected chi connectivity index (χ4v) is 1.27. The molecule has 1 saturated heterocycles. The third-order valence-corrected chi connectivity index (χ3v) is 2.07. The molecule has 0 atom stereocenters. The van der Waals surface area contributed by atoms with E-state index in [1.807, 2.05) is 0 Å². The molecule has 1 aliphatic rings. The van der Waals surface area contributed by atoms with Crippen LogP contribution in [0.5, 0.6) is 0 Å². The van der Waals surface area contributed by atoms with Crippen molar-refractivity contribution in [3.05, 3.63) is 0 Å². The van der Waals surface area contributed by atoms with Crippen LogP contribution in [-0.4, -0.2) is 44.2 Å². The highest BCUT2D eigenvalue weighted by Gasteiger charge is 2.15. The van der Waals surface area contributed by atoms with Gasteiger partial charge in [-0.15, -0.1) is 12.4 Å². The largest absolute Gasteiger partial charge is 0.335 e. The third kappa shape index (κ3) is 4.33. The number of nitrogens with zero attached hydrogens (tertiary/aromatic N) is 1. The molecule has 0 bridgehead atoms. The summed E-state index contributed by atoms with van der Waals surface area (Å²) in [5.41, 5.74) is 0. The summed E-state index contributed by atoms with van der Waals surface area (Å²) < 4.78 is 0. The minimum atomic E-state index is 0. The van der Waals surface area contributed by atoms with Crippen LogP contribution in [0, 0.1) is 0 Å². The second-order valence-electron chi connectivity index (χ2n) is 3.37. The van der Waals surface area contributed by atoms with Gasteiger partial charge in [-0.25, -0.2) is 4.79 Å². The Morgan fingerprint density at radius 2 is 1.92 bits per heavy atom. The average Bonchev–Trinajstić information content (AvgIpc) is 2.06. The number of hydrogen-bond acceptors (Lipinski definition) is 2. The highest BCUT2D eigenvalue weighted by molar-refractivity contribution is 5.85. The highest BCUT2D eigenvalue weighted by atomic mass is 35.5. The molecule has 0 spiro atoms. The van der Waals surface area contributed by atoms with Crippen molar-refractivity contribution in [2.24, 2.45) is 0 Å². The van der Waals surface area contributed by atoms with Crippen molar-refractivity contribution >= 4 is 18.4 Å². The van der Waals surface area contributed by atoms with Gasteiger partial charge >= 0.3 is 6.03 Å². The van der Waals surface area contributed by atoms with Gasteiger partial charge in [-0.3, -0.25) is 0 Å². The van der Waals surface area contributed by atoms with Crippen LogP contribution in [0.2, 0.25) is 0 Å². The summed E-state index contributed by atoms with van der Waals surface area (Å²) >= 11 is 0. The zero-order valence-corrected chi connectivity index (χ0v) is 8.99. The van der Waals surface area contributed by atoms with E-state index in [1.165, 1.54) is 0 Å². The molecule has 0 aromatic carbocycles. The molecule has 1 fully saturated rings. The molecule has 2 amide bonds. The maximum Gasteiger partial charge on any atom is 0.317 e. The van der Waals surface area contributed by atoms with Crippen LogP contribution in [-0.2, 0) is 0 Å². The topological polar surface area (TPSA) is 44.4 Å². The standard InChI is InChI=1S/C8H17N3O.ClH/c1-11(2)8(12)10-7-3-5-9-6-4-7;/h7,9H,3-6H2,1-2H3,(H,10,12);1H. The van der Waals surface area contributed by atoms with Crippen molar-refractivity contribution in [3.8, 4) is 0 Å². The van der Waals surface area contributed by atoms with Gasteiger partial charge in [0, 0.05) is 20.1 Å². The first kappa shape index (κ1) is 12.5. The lowest BCUT2D eigenvalue weighted by Crippen LogP contribution is -2.46. The predicted octanol–water partition coefficient (Wildman–Crippen LogP) is 0.431. The Hall–Kier alpha value is -0.480. The van der Waals surface area contributed by atoms with E-state index in [0.29, 0.717) is 6.04 Å². The van der Waals surface area contributed by atoms with E-state index in [-0.39, 0.29) is 18.4 Å². The second kappa shape index (κ2) is 6.05. The van der Waals surface area contributed by atoms with E-state index in [9.17, 15) is 4.79 Å². The third-order valence-electron chi connectivity index (χ3n) is 2.07. The van der Waals surface area contributed by atoms with Crippen LogP contribution in [0.3, 0.4) is 0 Å². The van der Waals surface area contributed by atoms with Crippen LogP contribution in [0.15, 0.2) is 0 Å². The molecular formula is C8H18ClN3O. The molecule has 5 heteroatoms. The number of hydrogen-bond donors (Lipinski definition) is 2. The molecular weight excluding hydrogens is 190 g/mol. The molecule has 0 radical (unpaired) electrons. The van der Waals surface area contributed by atoms with Crippen LogP contribution in [0.4, 0.5) is 4.79 Å². The van der Waals surface area contributed by atoms with E-state index >= 15 is 0 Å². The summed E-state index contributed by atoms with van der Waals surface area (Å²) in [4.78, 5) is 12.8. The first-order valence-corrected chi connectivity index (χ1v) is 4.38. The van der Waals surface area contributed by atoms with Gasteiger partial charge in [-0.2, -0.15) is 0 Å². The normalized spacial score (nSPS) is 17.4. The summed E-state index contributed by atoms with van der Waals surface area (Å²) in [7, 11) is 3.52. The van der Waals surface area contributed by atoms with Gasteiger partial charge in [0.25, 0.3) is 0 Å². The Labute approximate surface area is 85.5 Å². The van der Waals surface area contributed by atoms with Crippen molar-refractivity contribution in [3.63, 3.8) is 0 Å². The molecule has 4 nitrogen and oxygen atoms in total. The SMILES string of the molecule is CN(C)C(=O)NC1CCNCC1.Cl. The molecule has 0 aromatic rings. The number of rotatable bonds is 1. The Morgan fingerprint density at radius 1 is 1.38 bits per heavy atom. The highest BCUT2D eigenvalue weighted by Crippen LogP contribution is 2.01. The van der Waals surface area contributed by atoms with Crippen molar-refractivity contribution in [1.29, 1.82) is 0 Å². The molecule has 78 valence electrons. The van der Waals surface area contributed by atoms with Crippen LogP contribution in [0.1, 0.15) is 12.8 Å². The number of urea groups is 1. The Balaban J connectivity index is 0.00000144. The molecule has 1 rings (SSSR count). The summed E-state index contributed by atoms with van der Waals surface area (Å²) in [6.07, 6.45) is 2.08. The molecule has 2 N–H and O–H groups in total. The monoisotopic (exact) mass is 207 g/mol. The van der Waals surface area contributed by atoms with Gasteiger partial charge in [-0.05, 0) is 25.9 Å². The van der Waals surface area contributed by atoms with Gasteiger partial charge in [0.15, 0.2) is 0 Å². The van der Waals surface area contributed by atoms with E-state index in [1.54, 1.807) is 19.0 Å². The number of nitrogens with one attached hydrogen (secondary N) is 2. The average molecular weight is 208 g/mol. The predicted molar refractivity (Wildman–Crippen MR) is 55.4 cm³/mol. The second-order valence-corrected chi connectivity index (χ2v) is 3.37. The fraction of sp³-hybridized carbons (Fsp3) is 0.875. The minimum Gasteiger partial charge on any atom is -0.335 e. The van der Waals surface area contributed by atoms with E-state index in [0.717, 1.165) is 25.9 Å². The number of carbonyl (C=O) groups is 1. The van der Waals surface area contributed by atoms with Crippen molar-refractivity contribution in [2.45, 2.75) is 18.9 Å². The van der Waals surface area contributed by atoms with Crippen molar-refractivity contribution in [2.75, 3.05) is 27.2 Å². The Bertz CT molecular complexity index is 157. The van der Waals surface area contributed by atoms with Crippen molar-refractivity contribution < 1.29 is 4.79 Å². The minimum absolute atomic E-state index is 0. The molecule has 0 saturated carbocycles. The van der Waals surface area contributed by atoms with Crippen LogP contribution in [0.25, 0.3) is 0 Å². The lowest BCUT2D eigenvalue weighted by Gasteiger charge is -2.25. The number of carbonyl (C=O) groups excluding carboxylic acids is 1. The zero-order valence-electron chi connectivity index (χ0n) is 8.17. The first-order chi connectivity index (χ1) is 5.70. The first-order valence-electron chi connectivity index (χ1n) is 4.38. The summed E-state index contributed by atoms with van der Waals surface area (Å²) in [6.45, 7) is 2.02. The maximum absolute atomic E-state index is 11.2. The summed E-state index contributed by atoms with van der Waals surface area (Å²) in [5.74, 6) is 0. The Kier molecular flexibility index (Phi) is 5.82. The van der Waals surface area contributed by atoms with Gasteiger partial charge in [0.05, 0.1) is 0 Å². The van der Waals surface area contributed by atoms with Gasteiger partial charge in [0.1, 0.15) is 0 Å². The van der Waals surface area contributed by atoms with Gasteiger partial charge in [0.2, 0.25) is 0 Å². The quantitative estimate of drug-likeness (QED) is 0.655. The zero-order chi connectivity index (χ0) is 8.97. The molecule has 0 aromatic heterocycles. The number of halogens is 1. The molecule has 1 heterocycles. The summed E-state index contributed by atoms with van der Waals surface area (Å²) in [6, 6.07) is 0.378. The van der Waals surface area contributed by atoms with E-state index in [2.05, 4.69) is 10.6 Å². The van der Waals surface area contributed by atoms with Gasteiger partial charge in [-0.1, -0.05) is 0 Å². The van der Waals surface area contributed by atoms with E-state index < -0.39 is 0 Å². The number of amides is 2. The lowest BCUT2D eigenvalue weighted by molar-refractivity contribution is 0.210. The molecule has 0 unspecified atom stereocenters. The van der Waals surface area contributed by atoms with Crippen LogP contribution >= 0.6 is 12.4 Å². The smallest absolute Gasteiger partial charge is 0.317 e. The summed E-state index contributed by atoms with van der Waals surface area (Å²) in [5, 5.41) is 6.22. The molecule has 0 aliphatic carbocycles.